The van der Waals surface area contributed by atoms with Crippen LogP contribution in [-0.4, -0.2) is 35.8 Å². The van der Waals surface area contributed by atoms with Crippen LogP contribution < -0.4 is 4.90 Å². The lowest BCUT2D eigenvalue weighted by Crippen LogP contribution is -2.58. The lowest BCUT2D eigenvalue weighted by molar-refractivity contribution is -0.143. The van der Waals surface area contributed by atoms with Gasteiger partial charge in [-0.3, -0.25) is 9.59 Å². The van der Waals surface area contributed by atoms with Gasteiger partial charge in [0, 0.05) is 24.7 Å². The van der Waals surface area contributed by atoms with Gasteiger partial charge in [0.1, 0.15) is 6.04 Å². The van der Waals surface area contributed by atoms with Gasteiger partial charge in [-0.2, -0.15) is 0 Å². The van der Waals surface area contributed by atoms with Gasteiger partial charge in [-0.15, -0.1) is 0 Å². The molecule has 1 heterocycles. The van der Waals surface area contributed by atoms with Gasteiger partial charge in [0.05, 0.1) is 0 Å². The summed E-state index contributed by atoms with van der Waals surface area (Å²) >= 11 is 0. The summed E-state index contributed by atoms with van der Waals surface area (Å²) < 4.78 is 0. The van der Waals surface area contributed by atoms with E-state index >= 15 is 0 Å². The van der Waals surface area contributed by atoms with Crippen LogP contribution in [0.5, 0.6) is 0 Å². The molecule has 3 rings (SSSR count). The number of amides is 2. The Hall–Kier alpha value is -1.84. The van der Waals surface area contributed by atoms with Crippen LogP contribution in [-0.2, 0) is 16.0 Å². The molecule has 2 fully saturated rings. The highest BCUT2D eigenvalue weighted by atomic mass is 16.2. The van der Waals surface area contributed by atoms with E-state index in [0.29, 0.717) is 13.1 Å². The summed E-state index contributed by atoms with van der Waals surface area (Å²) in [7, 11) is 0. The topological polar surface area (TPSA) is 40.6 Å². The quantitative estimate of drug-likeness (QED) is 0.860. The second kappa shape index (κ2) is 6.73. The number of carbonyl (C=O) groups is 2. The van der Waals surface area contributed by atoms with Crippen molar-refractivity contribution in [2.45, 2.75) is 52.0 Å². The van der Waals surface area contributed by atoms with Crippen molar-refractivity contribution in [1.82, 2.24) is 4.90 Å². The molecule has 0 N–H and O–H groups in total. The smallest absolute Gasteiger partial charge is 0.249 e. The standard InChI is InChI=1S/C19H26N2O2/c1-3-15-8-10-17(11-9-15)21-13-12-20(14(2)18(21)22)19(23)16-6-4-5-7-16/h8-11,14,16H,3-7,12-13H2,1-2H3/t14-/m0/s1. The van der Waals surface area contributed by atoms with Crippen molar-refractivity contribution < 1.29 is 9.59 Å². The lowest BCUT2D eigenvalue weighted by Gasteiger charge is -2.40. The monoisotopic (exact) mass is 314 g/mol. The third-order valence-electron chi connectivity index (χ3n) is 5.30. The van der Waals surface area contributed by atoms with Crippen molar-refractivity contribution in [3.05, 3.63) is 29.8 Å². The maximum atomic E-state index is 12.7. The highest BCUT2D eigenvalue weighted by Gasteiger charge is 2.37. The minimum atomic E-state index is -0.359. The Bertz CT molecular complexity index is 576. The summed E-state index contributed by atoms with van der Waals surface area (Å²) in [5.41, 5.74) is 2.20. The van der Waals surface area contributed by atoms with E-state index in [2.05, 4.69) is 19.1 Å². The van der Waals surface area contributed by atoms with E-state index in [4.69, 9.17) is 0 Å². The normalized spacial score (nSPS) is 22.7. The van der Waals surface area contributed by atoms with Crippen molar-refractivity contribution in [3.63, 3.8) is 0 Å². The summed E-state index contributed by atoms with van der Waals surface area (Å²) in [6.45, 7) is 5.21. The van der Waals surface area contributed by atoms with E-state index in [-0.39, 0.29) is 23.8 Å². The fourth-order valence-corrected chi connectivity index (χ4v) is 3.75. The lowest BCUT2D eigenvalue weighted by atomic mass is 10.0. The molecule has 4 nitrogen and oxygen atoms in total. The fraction of sp³-hybridized carbons (Fsp3) is 0.579. The molecule has 124 valence electrons. The molecule has 23 heavy (non-hydrogen) atoms. The van der Waals surface area contributed by atoms with Crippen LogP contribution in [0.1, 0.15) is 45.1 Å². The number of carbonyl (C=O) groups excluding carboxylic acids is 2. The van der Waals surface area contributed by atoms with Crippen LogP contribution in [0.2, 0.25) is 0 Å². The molecule has 0 spiro atoms. The van der Waals surface area contributed by atoms with Gasteiger partial charge in [0.15, 0.2) is 0 Å². The summed E-state index contributed by atoms with van der Waals surface area (Å²) in [5, 5.41) is 0. The molecule has 0 bridgehead atoms. The Morgan fingerprint density at radius 2 is 1.78 bits per heavy atom. The number of piperazine rings is 1. The average molecular weight is 314 g/mol. The Morgan fingerprint density at radius 3 is 2.39 bits per heavy atom. The number of anilines is 1. The molecular weight excluding hydrogens is 288 g/mol. The molecule has 1 saturated heterocycles. The zero-order valence-corrected chi connectivity index (χ0v) is 14.1. The van der Waals surface area contributed by atoms with Gasteiger partial charge in [-0.25, -0.2) is 0 Å². The van der Waals surface area contributed by atoms with Crippen LogP contribution in [0.15, 0.2) is 24.3 Å². The zero-order chi connectivity index (χ0) is 16.4. The van der Waals surface area contributed by atoms with Gasteiger partial charge in [0.25, 0.3) is 0 Å². The van der Waals surface area contributed by atoms with Gasteiger partial charge >= 0.3 is 0 Å². The van der Waals surface area contributed by atoms with Crippen molar-refractivity contribution in [1.29, 1.82) is 0 Å². The van der Waals surface area contributed by atoms with Gasteiger partial charge in [-0.1, -0.05) is 31.9 Å². The van der Waals surface area contributed by atoms with Gasteiger partial charge in [-0.05, 0) is 43.9 Å². The highest BCUT2D eigenvalue weighted by molar-refractivity contribution is 6.00. The van der Waals surface area contributed by atoms with E-state index in [0.717, 1.165) is 37.8 Å². The van der Waals surface area contributed by atoms with Gasteiger partial charge < -0.3 is 9.80 Å². The summed E-state index contributed by atoms with van der Waals surface area (Å²) in [5.74, 6) is 0.358. The molecule has 4 heteroatoms. The number of rotatable bonds is 3. The second-order valence-corrected chi connectivity index (χ2v) is 6.70. The van der Waals surface area contributed by atoms with E-state index in [1.54, 1.807) is 4.90 Å². The molecule has 2 amide bonds. The Morgan fingerprint density at radius 1 is 1.13 bits per heavy atom. The van der Waals surface area contributed by atoms with Crippen molar-refractivity contribution in [2.24, 2.45) is 5.92 Å². The second-order valence-electron chi connectivity index (χ2n) is 6.70. The molecule has 2 aliphatic rings. The Balaban J connectivity index is 1.71. The van der Waals surface area contributed by atoms with Gasteiger partial charge in [0.2, 0.25) is 11.8 Å². The predicted molar refractivity (Wildman–Crippen MR) is 91.3 cm³/mol. The molecule has 1 aromatic carbocycles. The van der Waals surface area contributed by atoms with Crippen LogP contribution >= 0.6 is 0 Å². The first-order valence-corrected chi connectivity index (χ1v) is 8.82. The average Bonchev–Trinajstić information content (AvgIpc) is 3.11. The predicted octanol–water partition coefficient (Wildman–Crippen LogP) is 3.00. The number of nitrogens with zero attached hydrogens (tertiary/aromatic N) is 2. The minimum Gasteiger partial charge on any atom is -0.329 e. The maximum Gasteiger partial charge on any atom is 0.249 e. The minimum absolute atomic E-state index is 0.0341. The molecule has 1 aliphatic carbocycles. The van der Waals surface area contributed by atoms with Crippen molar-refractivity contribution in [2.75, 3.05) is 18.0 Å². The van der Waals surface area contributed by atoms with E-state index in [9.17, 15) is 9.59 Å². The number of aryl methyl sites for hydroxylation is 1. The molecule has 0 aromatic heterocycles. The first kappa shape index (κ1) is 16.0. The third-order valence-corrected chi connectivity index (χ3v) is 5.30. The number of benzene rings is 1. The molecule has 0 unspecified atom stereocenters. The molecule has 0 radical (unpaired) electrons. The van der Waals surface area contributed by atoms with E-state index in [1.807, 2.05) is 24.0 Å². The molecule has 1 saturated carbocycles. The van der Waals surface area contributed by atoms with Crippen LogP contribution in [0.25, 0.3) is 0 Å². The number of hydrogen-bond acceptors (Lipinski definition) is 2. The third kappa shape index (κ3) is 3.12. The van der Waals surface area contributed by atoms with E-state index in [1.165, 1.54) is 5.56 Å². The SMILES string of the molecule is CCc1ccc(N2CCN(C(=O)C3CCCC3)[C@@H](C)C2=O)cc1. The Labute approximate surface area is 138 Å². The summed E-state index contributed by atoms with van der Waals surface area (Å²) in [6.07, 6.45) is 5.25. The fourth-order valence-electron chi connectivity index (χ4n) is 3.75. The first-order chi connectivity index (χ1) is 11.1. The van der Waals surface area contributed by atoms with E-state index < -0.39 is 0 Å². The zero-order valence-electron chi connectivity index (χ0n) is 14.1. The van der Waals surface area contributed by atoms with Crippen LogP contribution in [0, 0.1) is 5.92 Å². The first-order valence-electron chi connectivity index (χ1n) is 8.82. The van der Waals surface area contributed by atoms with Crippen molar-refractivity contribution in [3.8, 4) is 0 Å². The van der Waals surface area contributed by atoms with Crippen molar-refractivity contribution >= 4 is 17.5 Å². The molecule has 1 aromatic rings. The molecular formula is C19H26N2O2. The Kier molecular flexibility index (Phi) is 4.69. The highest BCUT2D eigenvalue weighted by Crippen LogP contribution is 2.29. The molecule has 1 aliphatic heterocycles. The maximum absolute atomic E-state index is 12.7. The summed E-state index contributed by atoms with van der Waals surface area (Å²) in [6, 6.07) is 7.81. The molecule has 1 atom stereocenters. The largest absolute Gasteiger partial charge is 0.329 e. The summed E-state index contributed by atoms with van der Waals surface area (Å²) in [4.78, 5) is 29.0. The number of hydrogen-bond donors (Lipinski definition) is 0. The van der Waals surface area contributed by atoms with Crippen LogP contribution in [0.4, 0.5) is 5.69 Å². The van der Waals surface area contributed by atoms with Crippen LogP contribution in [0.3, 0.4) is 0 Å².